The van der Waals surface area contributed by atoms with E-state index in [0.717, 1.165) is 16.0 Å². The van der Waals surface area contributed by atoms with Gasteiger partial charge in [-0.15, -0.1) is 0 Å². The zero-order valence-electron chi connectivity index (χ0n) is 19.1. The maximum absolute atomic E-state index is 13.1. The molecule has 4 amide bonds. The van der Waals surface area contributed by atoms with Crippen LogP contribution in [0, 0.1) is 13.8 Å². The van der Waals surface area contributed by atoms with E-state index in [1.807, 2.05) is 19.9 Å². The van der Waals surface area contributed by atoms with Crippen LogP contribution in [0.25, 0.3) is 6.08 Å². The number of nitrogens with zero attached hydrogens (tertiary/aromatic N) is 1. The minimum absolute atomic E-state index is 0.162. The van der Waals surface area contributed by atoms with Crippen molar-refractivity contribution in [1.29, 1.82) is 0 Å². The molecular formula is C27H22N2O6. The fraction of sp³-hybridized carbons (Fsp3) is 0.111. The summed E-state index contributed by atoms with van der Waals surface area (Å²) in [6.45, 7) is 3.86. The molecule has 1 aliphatic heterocycles. The first-order valence-corrected chi connectivity index (χ1v) is 10.8. The van der Waals surface area contributed by atoms with Crippen molar-refractivity contribution >= 4 is 35.6 Å². The number of amides is 4. The second kappa shape index (κ2) is 9.64. The highest BCUT2D eigenvalue weighted by molar-refractivity contribution is 6.39. The van der Waals surface area contributed by atoms with Gasteiger partial charge in [0.1, 0.15) is 17.9 Å². The number of aryl methyl sites for hydroxylation is 1. The number of carbonyl (C=O) groups excluding carboxylic acids is 3. The normalized spacial score (nSPS) is 14.7. The van der Waals surface area contributed by atoms with Crippen LogP contribution in [0.4, 0.5) is 10.5 Å². The molecule has 0 aromatic heterocycles. The van der Waals surface area contributed by atoms with Crippen molar-refractivity contribution in [3.05, 3.63) is 100 Å². The van der Waals surface area contributed by atoms with Gasteiger partial charge in [0.25, 0.3) is 11.8 Å². The quantitative estimate of drug-likeness (QED) is 0.411. The van der Waals surface area contributed by atoms with E-state index in [4.69, 9.17) is 9.84 Å². The lowest BCUT2D eigenvalue weighted by Gasteiger charge is -2.28. The molecule has 0 saturated carbocycles. The topological polar surface area (TPSA) is 113 Å². The Morgan fingerprint density at radius 3 is 2.43 bits per heavy atom. The number of imide groups is 2. The van der Waals surface area contributed by atoms with Gasteiger partial charge in [-0.25, -0.2) is 14.5 Å². The van der Waals surface area contributed by atoms with Crippen LogP contribution in [0.2, 0.25) is 0 Å². The standard InChI is InChI=1S/C27H22N2O6/c1-16-5-3-8-23(17(16)2)29-25(31)22(24(30)28-27(29)34)14-18-9-11-21(12-10-18)35-15-19-6-4-7-20(13-19)26(32)33/h3-14H,15H2,1-2H3,(H,32,33)(H,28,30,34)/b22-14+. The molecule has 4 rings (SSSR count). The van der Waals surface area contributed by atoms with Crippen LogP contribution in [-0.4, -0.2) is 28.9 Å². The van der Waals surface area contributed by atoms with E-state index in [0.29, 0.717) is 22.6 Å². The number of barbiturate groups is 1. The smallest absolute Gasteiger partial charge is 0.335 e. The number of anilines is 1. The number of rotatable bonds is 6. The summed E-state index contributed by atoms with van der Waals surface area (Å²) in [5.41, 5.74) is 3.38. The van der Waals surface area contributed by atoms with Crippen molar-refractivity contribution in [3.63, 3.8) is 0 Å². The number of carboxylic acid groups (broad SMARTS) is 1. The molecule has 2 N–H and O–H groups in total. The van der Waals surface area contributed by atoms with Gasteiger partial charge in [0.2, 0.25) is 0 Å². The largest absolute Gasteiger partial charge is 0.489 e. The first kappa shape index (κ1) is 23.4. The SMILES string of the molecule is Cc1cccc(N2C(=O)NC(=O)/C(=C\c3ccc(OCc4cccc(C(=O)O)c4)cc3)C2=O)c1C. The fourth-order valence-electron chi connectivity index (χ4n) is 3.64. The summed E-state index contributed by atoms with van der Waals surface area (Å²) >= 11 is 0. The van der Waals surface area contributed by atoms with E-state index in [-0.39, 0.29) is 17.7 Å². The van der Waals surface area contributed by atoms with Crippen molar-refractivity contribution in [2.24, 2.45) is 0 Å². The van der Waals surface area contributed by atoms with Crippen LogP contribution in [0.1, 0.15) is 32.6 Å². The molecule has 8 nitrogen and oxygen atoms in total. The van der Waals surface area contributed by atoms with Crippen LogP contribution in [0.5, 0.6) is 5.75 Å². The van der Waals surface area contributed by atoms with E-state index in [2.05, 4.69) is 5.32 Å². The molecule has 3 aromatic carbocycles. The molecule has 1 aliphatic rings. The van der Waals surface area contributed by atoms with Crippen LogP contribution in [-0.2, 0) is 16.2 Å². The molecule has 0 radical (unpaired) electrons. The monoisotopic (exact) mass is 470 g/mol. The highest BCUT2D eigenvalue weighted by Crippen LogP contribution is 2.27. The van der Waals surface area contributed by atoms with Gasteiger partial charge in [-0.1, -0.05) is 36.4 Å². The van der Waals surface area contributed by atoms with Crippen LogP contribution in [0.3, 0.4) is 0 Å². The Bertz CT molecular complexity index is 1370. The zero-order valence-corrected chi connectivity index (χ0v) is 19.1. The molecule has 3 aromatic rings. The van der Waals surface area contributed by atoms with Gasteiger partial charge in [0, 0.05) is 0 Å². The molecule has 0 aliphatic carbocycles. The first-order chi connectivity index (χ1) is 16.7. The second-order valence-corrected chi connectivity index (χ2v) is 8.04. The van der Waals surface area contributed by atoms with Crippen LogP contribution < -0.4 is 15.0 Å². The molecule has 0 bridgehead atoms. The predicted molar refractivity (Wildman–Crippen MR) is 129 cm³/mol. The van der Waals surface area contributed by atoms with Crippen LogP contribution >= 0.6 is 0 Å². The molecule has 8 heteroatoms. The molecule has 1 fully saturated rings. The third-order valence-corrected chi connectivity index (χ3v) is 5.69. The number of hydrogen-bond acceptors (Lipinski definition) is 5. The third-order valence-electron chi connectivity index (χ3n) is 5.69. The lowest BCUT2D eigenvalue weighted by molar-refractivity contribution is -0.122. The molecule has 0 unspecified atom stereocenters. The molecule has 0 spiro atoms. The molecule has 0 atom stereocenters. The van der Waals surface area contributed by atoms with Crippen molar-refractivity contribution in [2.75, 3.05) is 4.90 Å². The van der Waals surface area contributed by atoms with Gasteiger partial charge in [0.15, 0.2) is 0 Å². The van der Waals surface area contributed by atoms with Crippen molar-refractivity contribution in [2.45, 2.75) is 20.5 Å². The Hall–Kier alpha value is -4.72. The van der Waals surface area contributed by atoms with Gasteiger partial charge >= 0.3 is 12.0 Å². The van der Waals surface area contributed by atoms with E-state index in [9.17, 15) is 19.2 Å². The minimum Gasteiger partial charge on any atom is -0.489 e. The summed E-state index contributed by atoms with van der Waals surface area (Å²) in [6.07, 6.45) is 1.42. The van der Waals surface area contributed by atoms with Crippen molar-refractivity contribution < 1.29 is 29.0 Å². The molecule has 35 heavy (non-hydrogen) atoms. The molecule has 176 valence electrons. The summed E-state index contributed by atoms with van der Waals surface area (Å²) in [5, 5.41) is 11.3. The molecular weight excluding hydrogens is 448 g/mol. The average molecular weight is 470 g/mol. The third kappa shape index (κ3) is 4.96. The van der Waals surface area contributed by atoms with Gasteiger partial charge in [-0.2, -0.15) is 0 Å². The maximum Gasteiger partial charge on any atom is 0.335 e. The number of aromatic carboxylic acids is 1. The highest BCUT2D eigenvalue weighted by atomic mass is 16.5. The van der Waals surface area contributed by atoms with Crippen molar-refractivity contribution in [1.82, 2.24) is 5.32 Å². The zero-order chi connectivity index (χ0) is 25.1. The molecule has 1 saturated heterocycles. The van der Waals surface area contributed by atoms with Gasteiger partial charge in [0.05, 0.1) is 11.3 Å². The Kier molecular flexibility index (Phi) is 6.46. The number of hydrogen-bond donors (Lipinski definition) is 2. The second-order valence-electron chi connectivity index (χ2n) is 8.04. The predicted octanol–water partition coefficient (Wildman–Crippen LogP) is 4.25. The van der Waals surface area contributed by atoms with E-state index < -0.39 is 23.8 Å². The number of ether oxygens (including phenoxy) is 1. The summed E-state index contributed by atoms with van der Waals surface area (Å²) in [7, 11) is 0. The lowest BCUT2D eigenvalue weighted by Crippen LogP contribution is -2.54. The summed E-state index contributed by atoms with van der Waals surface area (Å²) in [5.74, 6) is -1.95. The number of urea groups is 1. The Balaban J connectivity index is 1.52. The number of carbonyl (C=O) groups is 4. The Morgan fingerprint density at radius 1 is 1.00 bits per heavy atom. The van der Waals surface area contributed by atoms with E-state index >= 15 is 0 Å². The Morgan fingerprint density at radius 2 is 1.71 bits per heavy atom. The van der Waals surface area contributed by atoms with Gasteiger partial charge in [-0.3, -0.25) is 14.9 Å². The Labute approximate surface area is 201 Å². The van der Waals surface area contributed by atoms with Crippen molar-refractivity contribution in [3.8, 4) is 5.75 Å². The summed E-state index contributed by atoms with van der Waals surface area (Å²) in [4.78, 5) is 50.1. The fourth-order valence-corrected chi connectivity index (χ4v) is 3.64. The number of carboxylic acids is 1. The van der Waals surface area contributed by atoms with Gasteiger partial charge < -0.3 is 9.84 Å². The number of benzene rings is 3. The number of nitrogens with one attached hydrogen (secondary N) is 1. The lowest BCUT2D eigenvalue weighted by atomic mass is 10.0. The minimum atomic E-state index is -1.01. The average Bonchev–Trinajstić information content (AvgIpc) is 2.84. The summed E-state index contributed by atoms with van der Waals surface area (Å²) < 4.78 is 5.71. The van der Waals surface area contributed by atoms with Gasteiger partial charge in [-0.05, 0) is 72.5 Å². The van der Waals surface area contributed by atoms with E-state index in [1.54, 1.807) is 48.5 Å². The van der Waals surface area contributed by atoms with E-state index in [1.165, 1.54) is 18.2 Å². The summed E-state index contributed by atoms with van der Waals surface area (Å²) in [6, 6.07) is 17.6. The molecule has 1 heterocycles. The van der Waals surface area contributed by atoms with Crippen LogP contribution in [0.15, 0.2) is 72.3 Å². The highest BCUT2D eigenvalue weighted by Gasteiger charge is 2.37. The first-order valence-electron chi connectivity index (χ1n) is 10.8. The maximum atomic E-state index is 13.1.